The minimum absolute atomic E-state index is 0. The lowest BCUT2D eigenvalue weighted by Gasteiger charge is -2.29. The molecule has 1 fully saturated rings. The van der Waals surface area contributed by atoms with Crippen LogP contribution in [-0.4, -0.2) is 60.4 Å². The lowest BCUT2D eigenvalue weighted by atomic mass is 10.1. The molecule has 0 spiro atoms. The van der Waals surface area contributed by atoms with Gasteiger partial charge in [0.1, 0.15) is 0 Å². The van der Waals surface area contributed by atoms with Crippen molar-refractivity contribution in [2.75, 3.05) is 39.8 Å². The largest absolute Gasteiger partial charge is 0.339 e. The topological polar surface area (TPSA) is 78.7 Å². The van der Waals surface area contributed by atoms with Crippen LogP contribution in [0.5, 0.6) is 0 Å². The van der Waals surface area contributed by atoms with E-state index in [-0.39, 0.29) is 28.9 Å². The summed E-state index contributed by atoms with van der Waals surface area (Å²) in [6, 6.07) is 5.06. The molecule has 8 heteroatoms. The number of amides is 1. The molecular weight excluding hydrogens is 320 g/mol. The Morgan fingerprint density at radius 3 is 2.65 bits per heavy atom. The molecule has 0 bridgehead atoms. The van der Waals surface area contributed by atoms with E-state index in [0.29, 0.717) is 18.7 Å². The van der Waals surface area contributed by atoms with Crippen molar-refractivity contribution in [3.8, 4) is 0 Å². The van der Waals surface area contributed by atoms with Gasteiger partial charge in [0.2, 0.25) is 5.91 Å². The van der Waals surface area contributed by atoms with Gasteiger partial charge in [-0.3, -0.25) is 19.8 Å². The Morgan fingerprint density at radius 1 is 1.39 bits per heavy atom. The van der Waals surface area contributed by atoms with Crippen molar-refractivity contribution in [2.24, 2.45) is 0 Å². The van der Waals surface area contributed by atoms with E-state index >= 15 is 0 Å². The van der Waals surface area contributed by atoms with E-state index in [1.54, 1.807) is 13.0 Å². The fraction of sp³-hybridized carbons (Fsp3) is 0.533. The summed E-state index contributed by atoms with van der Waals surface area (Å²) < 4.78 is 0. The number of nitrogens with zero attached hydrogens (tertiary/aromatic N) is 3. The van der Waals surface area contributed by atoms with Crippen LogP contribution in [0.3, 0.4) is 0 Å². The third-order valence-electron chi connectivity index (χ3n) is 3.93. The van der Waals surface area contributed by atoms with Crippen LogP contribution < -0.4 is 5.32 Å². The van der Waals surface area contributed by atoms with Crippen molar-refractivity contribution < 1.29 is 9.72 Å². The third kappa shape index (κ3) is 5.16. The first-order valence-electron chi connectivity index (χ1n) is 7.39. The zero-order valence-electron chi connectivity index (χ0n) is 13.4. The third-order valence-corrected chi connectivity index (χ3v) is 3.93. The SMILES string of the molecule is Cc1c(CN(C)CC(=O)N2CCNCC2)cccc1[N+](=O)[O-].Cl. The second-order valence-corrected chi connectivity index (χ2v) is 5.62. The molecule has 1 amide bonds. The van der Waals surface area contributed by atoms with Crippen molar-refractivity contribution in [3.63, 3.8) is 0 Å². The first-order chi connectivity index (χ1) is 10.5. The van der Waals surface area contributed by atoms with Gasteiger partial charge >= 0.3 is 0 Å². The quantitative estimate of drug-likeness (QED) is 0.642. The lowest BCUT2D eigenvalue weighted by molar-refractivity contribution is -0.385. The molecule has 0 saturated carbocycles. The maximum Gasteiger partial charge on any atom is 0.272 e. The molecule has 1 N–H and O–H groups in total. The Morgan fingerprint density at radius 2 is 2.04 bits per heavy atom. The monoisotopic (exact) mass is 342 g/mol. The van der Waals surface area contributed by atoms with E-state index in [4.69, 9.17) is 0 Å². The first-order valence-corrected chi connectivity index (χ1v) is 7.39. The standard InChI is InChI=1S/C15H22N4O3.ClH/c1-12-13(4-3-5-14(12)19(21)22)10-17(2)11-15(20)18-8-6-16-7-9-18;/h3-5,16H,6-11H2,1-2H3;1H. The predicted molar refractivity (Wildman–Crippen MR) is 90.9 cm³/mol. The van der Waals surface area contributed by atoms with Crippen LogP contribution in [0, 0.1) is 17.0 Å². The van der Waals surface area contributed by atoms with Crippen LogP contribution in [0.25, 0.3) is 0 Å². The Kier molecular flexibility index (Phi) is 7.41. The number of nitro benzene ring substituents is 1. The molecule has 7 nitrogen and oxygen atoms in total. The molecule has 1 aromatic rings. The molecule has 1 aliphatic rings. The molecule has 128 valence electrons. The Bertz CT molecular complexity index is 562. The van der Waals surface area contributed by atoms with Crippen molar-refractivity contribution in [2.45, 2.75) is 13.5 Å². The van der Waals surface area contributed by atoms with E-state index in [9.17, 15) is 14.9 Å². The van der Waals surface area contributed by atoms with Gasteiger partial charge < -0.3 is 10.2 Å². The number of nitro groups is 1. The number of carbonyl (C=O) groups excluding carboxylic acids is 1. The molecule has 1 aliphatic heterocycles. The van der Waals surface area contributed by atoms with Crippen LogP contribution in [0.1, 0.15) is 11.1 Å². The summed E-state index contributed by atoms with van der Waals surface area (Å²) in [5, 5.41) is 14.2. The summed E-state index contributed by atoms with van der Waals surface area (Å²) >= 11 is 0. The van der Waals surface area contributed by atoms with E-state index in [0.717, 1.165) is 31.7 Å². The van der Waals surface area contributed by atoms with Crippen LogP contribution in [-0.2, 0) is 11.3 Å². The number of piperazine rings is 1. The second-order valence-electron chi connectivity index (χ2n) is 5.62. The van der Waals surface area contributed by atoms with Crippen molar-refractivity contribution in [1.29, 1.82) is 0 Å². The van der Waals surface area contributed by atoms with Gasteiger partial charge in [0.05, 0.1) is 11.5 Å². The molecule has 0 unspecified atom stereocenters. The molecule has 0 aliphatic carbocycles. The number of likely N-dealkylation sites (N-methyl/N-ethyl adjacent to an activating group) is 1. The van der Waals surface area contributed by atoms with Gasteiger partial charge in [-0.1, -0.05) is 12.1 Å². The maximum atomic E-state index is 12.2. The zero-order valence-corrected chi connectivity index (χ0v) is 14.3. The molecule has 1 saturated heterocycles. The lowest BCUT2D eigenvalue weighted by Crippen LogP contribution is -2.49. The van der Waals surface area contributed by atoms with Crippen LogP contribution in [0.2, 0.25) is 0 Å². The van der Waals surface area contributed by atoms with Gasteiger partial charge in [-0.25, -0.2) is 0 Å². The molecule has 2 rings (SSSR count). The number of halogens is 1. The van der Waals surface area contributed by atoms with Crippen molar-refractivity contribution >= 4 is 24.0 Å². The van der Waals surface area contributed by atoms with Gasteiger partial charge in [0.15, 0.2) is 0 Å². The summed E-state index contributed by atoms with van der Waals surface area (Å²) in [5.41, 5.74) is 1.66. The molecule has 0 aromatic heterocycles. The Labute approximate surface area is 142 Å². The number of benzene rings is 1. The minimum atomic E-state index is -0.370. The highest BCUT2D eigenvalue weighted by Gasteiger charge is 2.19. The molecule has 0 atom stereocenters. The van der Waals surface area contributed by atoms with Gasteiger partial charge in [-0.15, -0.1) is 12.4 Å². The van der Waals surface area contributed by atoms with Gasteiger partial charge in [-0.2, -0.15) is 0 Å². The van der Waals surface area contributed by atoms with E-state index in [1.807, 2.05) is 22.9 Å². The first kappa shape index (κ1) is 19.3. The second kappa shape index (κ2) is 8.81. The fourth-order valence-electron chi connectivity index (χ4n) is 2.63. The van der Waals surface area contributed by atoms with Gasteiger partial charge in [0, 0.05) is 44.4 Å². The number of nitrogens with one attached hydrogen (secondary N) is 1. The summed E-state index contributed by atoms with van der Waals surface area (Å²) in [5.74, 6) is 0.104. The highest BCUT2D eigenvalue weighted by Crippen LogP contribution is 2.21. The van der Waals surface area contributed by atoms with E-state index in [2.05, 4.69) is 5.32 Å². The minimum Gasteiger partial charge on any atom is -0.339 e. The zero-order chi connectivity index (χ0) is 16.1. The summed E-state index contributed by atoms with van der Waals surface area (Å²) in [4.78, 5) is 26.6. The van der Waals surface area contributed by atoms with Crippen LogP contribution in [0.15, 0.2) is 18.2 Å². The van der Waals surface area contributed by atoms with Crippen molar-refractivity contribution in [1.82, 2.24) is 15.1 Å². The number of hydrogen-bond donors (Lipinski definition) is 1. The predicted octanol–water partition coefficient (Wildman–Crippen LogP) is 1.19. The highest BCUT2D eigenvalue weighted by molar-refractivity contribution is 5.85. The summed E-state index contributed by atoms with van der Waals surface area (Å²) in [6.07, 6.45) is 0. The number of rotatable bonds is 5. The maximum absolute atomic E-state index is 12.2. The molecule has 23 heavy (non-hydrogen) atoms. The fourth-order valence-corrected chi connectivity index (χ4v) is 2.63. The molecule has 1 heterocycles. The average molecular weight is 343 g/mol. The van der Waals surface area contributed by atoms with Crippen LogP contribution >= 0.6 is 12.4 Å². The van der Waals surface area contributed by atoms with Gasteiger partial charge in [-0.05, 0) is 19.5 Å². The summed E-state index contributed by atoms with van der Waals surface area (Å²) in [6.45, 7) is 5.73. The average Bonchev–Trinajstić information content (AvgIpc) is 2.50. The van der Waals surface area contributed by atoms with Gasteiger partial charge in [0.25, 0.3) is 5.69 Å². The Hall–Kier alpha value is -1.70. The summed E-state index contributed by atoms with van der Waals surface area (Å²) in [7, 11) is 1.86. The normalized spacial score (nSPS) is 14.5. The number of carbonyl (C=O) groups is 1. The van der Waals surface area contributed by atoms with E-state index in [1.165, 1.54) is 6.07 Å². The molecule has 0 radical (unpaired) electrons. The molecular formula is C15H23ClN4O3. The van der Waals surface area contributed by atoms with Crippen molar-refractivity contribution in [3.05, 3.63) is 39.4 Å². The van der Waals surface area contributed by atoms with E-state index < -0.39 is 0 Å². The molecule has 1 aromatic carbocycles. The van der Waals surface area contributed by atoms with Crippen LogP contribution in [0.4, 0.5) is 5.69 Å². The highest BCUT2D eigenvalue weighted by atomic mass is 35.5. The smallest absolute Gasteiger partial charge is 0.272 e. The number of hydrogen-bond acceptors (Lipinski definition) is 5. The Balaban J connectivity index is 0.00000264.